The zero-order valence-electron chi connectivity index (χ0n) is 19.9. The Bertz CT molecular complexity index is 1000. The summed E-state index contributed by atoms with van der Waals surface area (Å²) in [6.07, 6.45) is 7.93. The van der Waals surface area contributed by atoms with E-state index in [9.17, 15) is 4.79 Å². The van der Waals surface area contributed by atoms with Crippen molar-refractivity contribution in [3.05, 3.63) is 61.1 Å². The third-order valence-electron chi connectivity index (χ3n) is 5.31. The number of nitrogens with one attached hydrogen (secondary N) is 2. The number of carbonyl (C=O) groups excluding carboxylic acids is 1. The van der Waals surface area contributed by atoms with Crippen molar-refractivity contribution in [2.75, 3.05) is 37.5 Å². The highest BCUT2D eigenvalue weighted by atomic mass is 16.5. The monoisotopic (exact) mass is 449 g/mol. The van der Waals surface area contributed by atoms with Crippen LogP contribution in [0.4, 0.5) is 16.2 Å². The molecule has 0 unspecified atom stereocenters. The van der Waals surface area contributed by atoms with Gasteiger partial charge in [0.15, 0.2) is 0 Å². The number of ether oxygens (including phenoxy) is 1. The number of nitrogens with zero attached hydrogens (tertiary/aromatic N) is 3. The fourth-order valence-electron chi connectivity index (χ4n) is 3.54. The molecule has 176 valence electrons. The van der Waals surface area contributed by atoms with Gasteiger partial charge in [0, 0.05) is 38.9 Å². The maximum atomic E-state index is 12.4. The van der Waals surface area contributed by atoms with Crippen LogP contribution >= 0.6 is 0 Å². The van der Waals surface area contributed by atoms with Crippen LogP contribution in [0.3, 0.4) is 0 Å². The lowest BCUT2D eigenvalue weighted by molar-refractivity contribution is 0.251. The molecule has 33 heavy (non-hydrogen) atoms. The molecule has 0 saturated heterocycles. The summed E-state index contributed by atoms with van der Waals surface area (Å²) in [4.78, 5) is 18.9. The van der Waals surface area contributed by atoms with Gasteiger partial charge >= 0.3 is 6.03 Å². The van der Waals surface area contributed by atoms with Crippen molar-refractivity contribution in [3.8, 4) is 17.0 Å². The lowest BCUT2D eigenvalue weighted by Gasteiger charge is -2.21. The molecule has 0 atom stereocenters. The SMILES string of the molecule is CCCCCNC(=O)Nc1c(OCCCn2cnc(-c3ccccc3)c2)cccc1N(C)C. The minimum Gasteiger partial charge on any atom is -0.491 e. The Morgan fingerprint density at radius 1 is 1.06 bits per heavy atom. The highest BCUT2D eigenvalue weighted by Gasteiger charge is 2.14. The summed E-state index contributed by atoms with van der Waals surface area (Å²) in [7, 11) is 3.90. The number of para-hydroxylation sites is 1. The Kier molecular flexibility index (Phi) is 9.18. The summed E-state index contributed by atoms with van der Waals surface area (Å²) < 4.78 is 8.16. The Morgan fingerprint density at radius 3 is 2.64 bits per heavy atom. The molecule has 0 bridgehead atoms. The van der Waals surface area contributed by atoms with E-state index in [2.05, 4.69) is 45.4 Å². The van der Waals surface area contributed by atoms with Crippen molar-refractivity contribution in [2.24, 2.45) is 0 Å². The fraction of sp³-hybridized carbons (Fsp3) is 0.385. The minimum absolute atomic E-state index is 0.211. The molecule has 0 fully saturated rings. The van der Waals surface area contributed by atoms with Crippen molar-refractivity contribution in [3.63, 3.8) is 0 Å². The molecular weight excluding hydrogens is 414 g/mol. The van der Waals surface area contributed by atoms with E-state index in [1.54, 1.807) is 0 Å². The van der Waals surface area contributed by atoms with Crippen molar-refractivity contribution in [1.82, 2.24) is 14.9 Å². The van der Waals surface area contributed by atoms with E-state index in [0.29, 0.717) is 24.6 Å². The number of hydrogen-bond donors (Lipinski definition) is 2. The van der Waals surface area contributed by atoms with Crippen LogP contribution in [-0.2, 0) is 6.54 Å². The Morgan fingerprint density at radius 2 is 1.88 bits per heavy atom. The molecule has 2 N–H and O–H groups in total. The largest absolute Gasteiger partial charge is 0.491 e. The predicted octanol–water partition coefficient (Wildman–Crippen LogP) is 5.40. The van der Waals surface area contributed by atoms with Gasteiger partial charge in [-0.2, -0.15) is 0 Å². The third kappa shape index (κ3) is 7.27. The van der Waals surface area contributed by atoms with Gasteiger partial charge in [-0.3, -0.25) is 0 Å². The van der Waals surface area contributed by atoms with Crippen LogP contribution in [0, 0.1) is 0 Å². The van der Waals surface area contributed by atoms with E-state index < -0.39 is 0 Å². The summed E-state index contributed by atoms with van der Waals surface area (Å²) in [6, 6.07) is 15.7. The number of unbranched alkanes of at least 4 members (excludes halogenated alkanes) is 2. The molecule has 1 aromatic heterocycles. The van der Waals surface area contributed by atoms with Gasteiger partial charge in [-0.15, -0.1) is 0 Å². The molecule has 3 aromatic rings. The van der Waals surface area contributed by atoms with Crippen molar-refractivity contribution >= 4 is 17.4 Å². The number of benzene rings is 2. The van der Waals surface area contributed by atoms with Gasteiger partial charge in [-0.25, -0.2) is 9.78 Å². The number of imidazole rings is 1. The molecule has 2 aromatic carbocycles. The lowest BCUT2D eigenvalue weighted by atomic mass is 10.2. The fourth-order valence-corrected chi connectivity index (χ4v) is 3.54. The smallest absolute Gasteiger partial charge is 0.319 e. The maximum absolute atomic E-state index is 12.4. The predicted molar refractivity (Wildman–Crippen MR) is 135 cm³/mol. The number of amides is 2. The van der Waals surface area contributed by atoms with Gasteiger partial charge in [-0.05, 0) is 25.0 Å². The number of anilines is 2. The van der Waals surface area contributed by atoms with E-state index in [4.69, 9.17) is 4.74 Å². The molecule has 7 nitrogen and oxygen atoms in total. The molecular formula is C26H35N5O2. The van der Waals surface area contributed by atoms with Crippen LogP contribution in [-0.4, -0.2) is 42.8 Å². The molecule has 0 saturated carbocycles. The first kappa shape index (κ1) is 24.2. The first-order chi connectivity index (χ1) is 16.1. The normalized spacial score (nSPS) is 10.6. The van der Waals surface area contributed by atoms with Crippen LogP contribution in [0.1, 0.15) is 32.6 Å². The van der Waals surface area contributed by atoms with E-state index in [1.807, 2.05) is 61.7 Å². The van der Waals surface area contributed by atoms with E-state index in [0.717, 1.165) is 49.2 Å². The first-order valence-electron chi connectivity index (χ1n) is 11.6. The van der Waals surface area contributed by atoms with Crippen LogP contribution in [0.25, 0.3) is 11.3 Å². The van der Waals surface area contributed by atoms with Crippen LogP contribution in [0.2, 0.25) is 0 Å². The Labute approximate surface area is 196 Å². The second kappa shape index (κ2) is 12.5. The van der Waals surface area contributed by atoms with Crippen LogP contribution in [0.15, 0.2) is 61.1 Å². The molecule has 7 heteroatoms. The number of rotatable bonds is 12. The second-order valence-electron chi connectivity index (χ2n) is 8.20. The number of aryl methyl sites for hydroxylation is 1. The quantitative estimate of drug-likeness (QED) is 0.363. The summed E-state index contributed by atoms with van der Waals surface area (Å²) >= 11 is 0. The Hall–Kier alpha value is -3.48. The van der Waals surface area contributed by atoms with Gasteiger partial charge in [0.25, 0.3) is 0 Å². The summed E-state index contributed by atoms with van der Waals surface area (Å²) in [6.45, 7) is 4.14. The topological polar surface area (TPSA) is 71.4 Å². The number of aromatic nitrogens is 2. The van der Waals surface area contributed by atoms with Crippen molar-refractivity contribution < 1.29 is 9.53 Å². The third-order valence-corrected chi connectivity index (χ3v) is 5.31. The molecule has 0 aliphatic heterocycles. The lowest BCUT2D eigenvalue weighted by Crippen LogP contribution is -2.30. The molecule has 3 rings (SSSR count). The maximum Gasteiger partial charge on any atom is 0.319 e. The highest BCUT2D eigenvalue weighted by molar-refractivity contribution is 5.95. The molecule has 0 radical (unpaired) electrons. The van der Waals surface area contributed by atoms with E-state index in [-0.39, 0.29) is 6.03 Å². The molecule has 0 aliphatic rings. The van der Waals surface area contributed by atoms with Gasteiger partial charge in [0.2, 0.25) is 0 Å². The van der Waals surface area contributed by atoms with Crippen LogP contribution < -0.4 is 20.3 Å². The summed E-state index contributed by atoms with van der Waals surface area (Å²) in [5.74, 6) is 0.667. The van der Waals surface area contributed by atoms with Gasteiger partial charge in [-0.1, -0.05) is 56.2 Å². The number of hydrogen-bond acceptors (Lipinski definition) is 4. The second-order valence-corrected chi connectivity index (χ2v) is 8.20. The average Bonchev–Trinajstić information content (AvgIpc) is 3.30. The van der Waals surface area contributed by atoms with Gasteiger partial charge in [0.1, 0.15) is 11.4 Å². The summed E-state index contributed by atoms with van der Waals surface area (Å²) in [5, 5.41) is 5.92. The van der Waals surface area contributed by atoms with Crippen molar-refractivity contribution in [2.45, 2.75) is 39.2 Å². The Balaban J connectivity index is 1.56. The van der Waals surface area contributed by atoms with Gasteiger partial charge in [0.05, 0.1) is 24.3 Å². The zero-order chi connectivity index (χ0) is 23.5. The molecule has 2 amide bonds. The van der Waals surface area contributed by atoms with Gasteiger partial charge < -0.3 is 24.8 Å². The highest BCUT2D eigenvalue weighted by Crippen LogP contribution is 2.34. The first-order valence-corrected chi connectivity index (χ1v) is 11.6. The summed E-state index contributed by atoms with van der Waals surface area (Å²) in [5.41, 5.74) is 3.66. The van der Waals surface area contributed by atoms with Crippen molar-refractivity contribution in [1.29, 1.82) is 0 Å². The number of urea groups is 1. The van der Waals surface area contributed by atoms with E-state index in [1.165, 1.54) is 0 Å². The zero-order valence-corrected chi connectivity index (χ0v) is 19.9. The average molecular weight is 450 g/mol. The number of carbonyl (C=O) groups is 1. The van der Waals surface area contributed by atoms with Crippen LogP contribution in [0.5, 0.6) is 5.75 Å². The molecule has 0 spiro atoms. The molecule has 1 heterocycles. The van der Waals surface area contributed by atoms with E-state index >= 15 is 0 Å². The standard InChI is InChI=1S/C26H35N5O2/c1-4-5-9-16-27-26(32)29-25-23(30(2)3)14-10-15-24(25)33-18-11-17-31-19-22(28-20-31)21-12-7-6-8-13-21/h6-8,10,12-15,19-20H,4-5,9,11,16-18H2,1-3H3,(H2,27,29,32). The minimum atomic E-state index is -0.211. The molecule has 0 aliphatic carbocycles.